The molecule has 94 valence electrons. The fraction of sp³-hybridized carbons (Fsp3) is 0.917. The second kappa shape index (κ2) is 6.86. The van der Waals surface area contributed by atoms with Crippen molar-refractivity contribution < 1.29 is 9.53 Å². The second-order valence-electron chi connectivity index (χ2n) is 4.51. The van der Waals surface area contributed by atoms with E-state index in [9.17, 15) is 4.79 Å². The van der Waals surface area contributed by atoms with Crippen LogP contribution in [0.25, 0.3) is 0 Å². The van der Waals surface area contributed by atoms with Crippen molar-refractivity contribution in [3.63, 3.8) is 0 Å². The SMILES string of the molecule is CCOC(=O)C(C)N(C)CC1CCCCN1. The zero-order valence-electron chi connectivity index (χ0n) is 10.7. The van der Waals surface area contributed by atoms with Crippen LogP contribution in [-0.2, 0) is 9.53 Å². The van der Waals surface area contributed by atoms with Crippen LogP contribution in [0.15, 0.2) is 0 Å². The van der Waals surface area contributed by atoms with E-state index >= 15 is 0 Å². The minimum Gasteiger partial charge on any atom is -0.465 e. The van der Waals surface area contributed by atoms with E-state index in [4.69, 9.17) is 4.74 Å². The first kappa shape index (κ1) is 13.5. The van der Waals surface area contributed by atoms with Gasteiger partial charge in [0.15, 0.2) is 0 Å². The van der Waals surface area contributed by atoms with E-state index in [2.05, 4.69) is 10.2 Å². The fourth-order valence-corrected chi connectivity index (χ4v) is 2.03. The summed E-state index contributed by atoms with van der Waals surface area (Å²) in [6.45, 7) is 6.22. The van der Waals surface area contributed by atoms with Gasteiger partial charge < -0.3 is 10.1 Å². The highest BCUT2D eigenvalue weighted by atomic mass is 16.5. The van der Waals surface area contributed by atoms with Gasteiger partial charge in [0.05, 0.1) is 6.61 Å². The number of hydrogen-bond acceptors (Lipinski definition) is 4. The minimum atomic E-state index is -0.149. The number of likely N-dealkylation sites (N-methyl/N-ethyl adjacent to an activating group) is 1. The second-order valence-corrected chi connectivity index (χ2v) is 4.51. The molecule has 4 nitrogen and oxygen atoms in total. The van der Waals surface area contributed by atoms with Gasteiger partial charge >= 0.3 is 5.97 Å². The highest BCUT2D eigenvalue weighted by Gasteiger charge is 2.22. The van der Waals surface area contributed by atoms with Crippen LogP contribution in [0.2, 0.25) is 0 Å². The topological polar surface area (TPSA) is 41.6 Å². The Hall–Kier alpha value is -0.610. The summed E-state index contributed by atoms with van der Waals surface area (Å²) in [6, 6.07) is 0.374. The summed E-state index contributed by atoms with van der Waals surface area (Å²) >= 11 is 0. The van der Waals surface area contributed by atoms with Gasteiger partial charge in [-0.3, -0.25) is 9.69 Å². The van der Waals surface area contributed by atoms with Crippen molar-refractivity contribution in [1.29, 1.82) is 0 Å². The molecule has 0 aromatic rings. The van der Waals surface area contributed by atoms with Crippen LogP contribution in [0.4, 0.5) is 0 Å². The largest absolute Gasteiger partial charge is 0.465 e. The average molecular weight is 228 g/mol. The molecule has 2 atom stereocenters. The van der Waals surface area contributed by atoms with Crippen molar-refractivity contribution in [3.8, 4) is 0 Å². The third-order valence-corrected chi connectivity index (χ3v) is 3.21. The number of hydrogen-bond donors (Lipinski definition) is 1. The number of nitrogens with zero attached hydrogens (tertiary/aromatic N) is 1. The van der Waals surface area contributed by atoms with E-state index in [-0.39, 0.29) is 12.0 Å². The van der Waals surface area contributed by atoms with E-state index in [0.29, 0.717) is 12.6 Å². The Labute approximate surface area is 98.3 Å². The monoisotopic (exact) mass is 228 g/mol. The van der Waals surface area contributed by atoms with Crippen LogP contribution in [0.3, 0.4) is 0 Å². The van der Waals surface area contributed by atoms with Crippen molar-refractivity contribution in [1.82, 2.24) is 10.2 Å². The van der Waals surface area contributed by atoms with Crippen LogP contribution < -0.4 is 5.32 Å². The highest BCUT2D eigenvalue weighted by molar-refractivity contribution is 5.75. The number of nitrogens with one attached hydrogen (secondary N) is 1. The fourth-order valence-electron chi connectivity index (χ4n) is 2.03. The van der Waals surface area contributed by atoms with E-state index in [1.807, 2.05) is 20.9 Å². The lowest BCUT2D eigenvalue weighted by molar-refractivity contribution is -0.148. The molecular formula is C12H24N2O2. The first-order valence-electron chi connectivity index (χ1n) is 6.25. The molecular weight excluding hydrogens is 204 g/mol. The molecule has 0 bridgehead atoms. The predicted molar refractivity (Wildman–Crippen MR) is 64.4 cm³/mol. The van der Waals surface area contributed by atoms with Gasteiger partial charge in [-0.15, -0.1) is 0 Å². The van der Waals surface area contributed by atoms with E-state index in [1.54, 1.807) is 0 Å². The molecule has 2 unspecified atom stereocenters. The van der Waals surface area contributed by atoms with Gasteiger partial charge in [0.2, 0.25) is 0 Å². The number of piperidine rings is 1. The Balaban J connectivity index is 2.32. The lowest BCUT2D eigenvalue weighted by Crippen LogP contribution is -2.47. The normalized spacial score (nSPS) is 23.1. The molecule has 0 aromatic heterocycles. The Bertz CT molecular complexity index is 215. The molecule has 1 saturated heterocycles. The smallest absolute Gasteiger partial charge is 0.323 e. The van der Waals surface area contributed by atoms with Gasteiger partial charge in [0.25, 0.3) is 0 Å². The molecule has 1 aliphatic heterocycles. The van der Waals surface area contributed by atoms with Crippen LogP contribution in [0.1, 0.15) is 33.1 Å². The molecule has 0 aromatic carbocycles. The molecule has 0 amide bonds. The first-order chi connectivity index (χ1) is 7.65. The standard InChI is InChI=1S/C12H24N2O2/c1-4-16-12(15)10(2)14(3)9-11-7-5-6-8-13-11/h10-11,13H,4-9H2,1-3H3. The first-order valence-corrected chi connectivity index (χ1v) is 6.25. The maximum atomic E-state index is 11.5. The molecule has 1 N–H and O–H groups in total. The van der Waals surface area contributed by atoms with Crippen molar-refractivity contribution in [2.45, 2.75) is 45.2 Å². The summed E-state index contributed by atoms with van der Waals surface area (Å²) in [5.74, 6) is -0.124. The quantitative estimate of drug-likeness (QED) is 0.713. The number of carbonyl (C=O) groups is 1. The van der Waals surface area contributed by atoms with Gasteiger partial charge in [-0.25, -0.2) is 0 Å². The predicted octanol–water partition coefficient (Wildman–Crippen LogP) is 1.01. The molecule has 4 heteroatoms. The molecule has 1 rings (SSSR count). The van der Waals surface area contributed by atoms with Gasteiger partial charge in [0, 0.05) is 12.6 Å². The third-order valence-electron chi connectivity index (χ3n) is 3.21. The molecule has 1 heterocycles. The number of ether oxygens (including phenoxy) is 1. The van der Waals surface area contributed by atoms with Gasteiger partial charge in [-0.2, -0.15) is 0 Å². The summed E-state index contributed by atoms with van der Waals surface area (Å²) in [5, 5.41) is 3.48. The number of esters is 1. The van der Waals surface area contributed by atoms with Crippen LogP contribution >= 0.6 is 0 Å². The van der Waals surface area contributed by atoms with Crippen molar-refractivity contribution in [2.75, 3.05) is 26.7 Å². The van der Waals surface area contributed by atoms with E-state index in [0.717, 1.165) is 13.1 Å². The van der Waals surface area contributed by atoms with Crippen LogP contribution in [0, 0.1) is 0 Å². The molecule has 1 fully saturated rings. The van der Waals surface area contributed by atoms with Gasteiger partial charge in [-0.1, -0.05) is 6.42 Å². The third kappa shape index (κ3) is 4.10. The molecule has 0 radical (unpaired) electrons. The molecule has 0 spiro atoms. The lowest BCUT2D eigenvalue weighted by Gasteiger charge is -2.30. The summed E-state index contributed by atoms with van der Waals surface area (Å²) in [7, 11) is 1.98. The van der Waals surface area contributed by atoms with Crippen LogP contribution in [0.5, 0.6) is 0 Å². The zero-order chi connectivity index (χ0) is 12.0. The van der Waals surface area contributed by atoms with Crippen molar-refractivity contribution in [2.24, 2.45) is 0 Å². The lowest BCUT2D eigenvalue weighted by atomic mass is 10.0. The summed E-state index contributed by atoms with van der Waals surface area (Å²) < 4.78 is 5.01. The summed E-state index contributed by atoms with van der Waals surface area (Å²) in [4.78, 5) is 13.6. The average Bonchev–Trinajstić information content (AvgIpc) is 2.29. The molecule has 1 aliphatic rings. The maximum absolute atomic E-state index is 11.5. The molecule has 0 aliphatic carbocycles. The molecule has 0 saturated carbocycles. The highest BCUT2D eigenvalue weighted by Crippen LogP contribution is 2.09. The maximum Gasteiger partial charge on any atom is 0.323 e. The molecule has 16 heavy (non-hydrogen) atoms. The number of carbonyl (C=O) groups excluding carboxylic acids is 1. The Morgan fingerprint density at radius 1 is 1.56 bits per heavy atom. The van der Waals surface area contributed by atoms with Crippen LogP contribution in [-0.4, -0.2) is 49.7 Å². The summed E-state index contributed by atoms with van der Waals surface area (Å²) in [6.07, 6.45) is 3.77. The van der Waals surface area contributed by atoms with E-state index in [1.165, 1.54) is 19.3 Å². The number of rotatable bonds is 5. The van der Waals surface area contributed by atoms with Crippen molar-refractivity contribution in [3.05, 3.63) is 0 Å². The van der Waals surface area contributed by atoms with E-state index < -0.39 is 0 Å². The Morgan fingerprint density at radius 3 is 2.88 bits per heavy atom. The Morgan fingerprint density at radius 2 is 2.31 bits per heavy atom. The van der Waals surface area contributed by atoms with Crippen molar-refractivity contribution >= 4 is 5.97 Å². The minimum absolute atomic E-state index is 0.124. The van der Waals surface area contributed by atoms with Gasteiger partial charge in [-0.05, 0) is 40.3 Å². The zero-order valence-corrected chi connectivity index (χ0v) is 10.7. The Kier molecular flexibility index (Phi) is 5.77. The van der Waals surface area contributed by atoms with Gasteiger partial charge in [0.1, 0.15) is 6.04 Å². The summed E-state index contributed by atoms with van der Waals surface area (Å²) in [5.41, 5.74) is 0.